The summed E-state index contributed by atoms with van der Waals surface area (Å²) in [6.45, 7) is 7.22. The topological polar surface area (TPSA) is 75.6 Å². The molecule has 1 saturated heterocycles. The molecule has 1 fully saturated rings. The Balaban J connectivity index is 1.68. The van der Waals surface area contributed by atoms with Gasteiger partial charge in [-0.15, -0.1) is 0 Å². The first kappa shape index (κ1) is 15.7. The van der Waals surface area contributed by atoms with Crippen molar-refractivity contribution in [2.24, 2.45) is 0 Å². The second-order valence-corrected chi connectivity index (χ2v) is 7.04. The first-order chi connectivity index (χ1) is 10.8. The van der Waals surface area contributed by atoms with Crippen molar-refractivity contribution in [2.75, 3.05) is 13.1 Å². The van der Waals surface area contributed by atoms with Crippen LogP contribution in [0.25, 0.3) is 0 Å². The van der Waals surface area contributed by atoms with Crippen molar-refractivity contribution in [2.45, 2.75) is 51.8 Å². The highest BCUT2D eigenvalue weighted by molar-refractivity contribution is 5.97. The smallest absolute Gasteiger partial charge is 0.410 e. The van der Waals surface area contributed by atoms with E-state index < -0.39 is 5.60 Å². The molecule has 0 radical (unpaired) electrons. The van der Waals surface area contributed by atoms with E-state index in [1.807, 2.05) is 20.8 Å². The summed E-state index contributed by atoms with van der Waals surface area (Å²) in [4.78, 5) is 36.4. The van der Waals surface area contributed by atoms with Gasteiger partial charge in [0, 0.05) is 19.3 Å². The Labute approximate surface area is 135 Å². The van der Waals surface area contributed by atoms with Crippen molar-refractivity contribution >= 4 is 12.0 Å². The van der Waals surface area contributed by atoms with Crippen LogP contribution in [0.15, 0.2) is 12.5 Å². The third-order valence-electron chi connectivity index (χ3n) is 4.10. The summed E-state index contributed by atoms with van der Waals surface area (Å²) in [6, 6.07) is -0.00188. The molecule has 7 nitrogen and oxygen atoms in total. The maximum absolute atomic E-state index is 12.5. The first-order valence-corrected chi connectivity index (χ1v) is 7.93. The second kappa shape index (κ2) is 5.79. The van der Waals surface area contributed by atoms with Crippen molar-refractivity contribution in [3.63, 3.8) is 0 Å². The fourth-order valence-electron chi connectivity index (χ4n) is 3.04. The Bertz CT molecular complexity index is 626. The molecule has 0 aromatic carbocycles. The van der Waals surface area contributed by atoms with Gasteiger partial charge in [-0.05, 0) is 33.6 Å². The van der Waals surface area contributed by atoms with Gasteiger partial charge in [0.05, 0.1) is 23.8 Å². The molecule has 1 atom stereocenters. The maximum atomic E-state index is 12.5. The van der Waals surface area contributed by atoms with E-state index in [4.69, 9.17) is 4.74 Å². The van der Waals surface area contributed by atoms with Crippen molar-refractivity contribution in [1.82, 2.24) is 19.8 Å². The molecule has 2 aliphatic rings. The van der Waals surface area contributed by atoms with Crippen LogP contribution >= 0.6 is 0 Å². The average Bonchev–Trinajstić information content (AvgIpc) is 2.83. The molecule has 1 aromatic heterocycles. The van der Waals surface area contributed by atoms with Gasteiger partial charge in [-0.25, -0.2) is 14.8 Å². The number of nitrogens with zero attached hydrogens (tertiary/aromatic N) is 4. The number of rotatable bonds is 1. The van der Waals surface area contributed by atoms with Crippen LogP contribution in [0, 0.1) is 0 Å². The minimum atomic E-state index is -0.515. The molecule has 124 valence electrons. The standard InChI is InChI=1S/C16H22N4O3/c1-16(2,3)23-15(22)19-6-4-5-11(8-19)20-9-13-12(14(20)21)7-17-10-18-13/h7,10-11H,4-6,8-9H2,1-3H3. The molecule has 1 unspecified atom stereocenters. The van der Waals surface area contributed by atoms with Crippen molar-refractivity contribution in [1.29, 1.82) is 0 Å². The van der Waals surface area contributed by atoms with Crippen LogP contribution in [0.2, 0.25) is 0 Å². The highest BCUT2D eigenvalue weighted by atomic mass is 16.6. The van der Waals surface area contributed by atoms with E-state index in [9.17, 15) is 9.59 Å². The normalized spacial score (nSPS) is 21.3. The largest absolute Gasteiger partial charge is 0.444 e. The van der Waals surface area contributed by atoms with Crippen LogP contribution in [-0.4, -0.2) is 56.5 Å². The molecule has 23 heavy (non-hydrogen) atoms. The summed E-state index contributed by atoms with van der Waals surface area (Å²) >= 11 is 0. The van der Waals surface area contributed by atoms with E-state index in [1.54, 1.807) is 16.0 Å². The molecule has 2 amide bonds. The lowest BCUT2D eigenvalue weighted by atomic mass is 10.0. The van der Waals surface area contributed by atoms with Gasteiger partial charge in [-0.1, -0.05) is 0 Å². The molecular formula is C16H22N4O3. The Morgan fingerprint density at radius 2 is 2.17 bits per heavy atom. The fourth-order valence-corrected chi connectivity index (χ4v) is 3.04. The number of piperidine rings is 1. The molecule has 0 spiro atoms. The number of ether oxygens (including phenoxy) is 1. The summed E-state index contributed by atoms with van der Waals surface area (Å²) in [7, 11) is 0. The van der Waals surface area contributed by atoms with E-state index in [0.717, 1.165) is 18.5 Å². The van der Waals surface area contributed by atoms with Gasteiger partial charge in [0.1, 0.15) is 11.9 Å². The molecule has 7 heteroatoms. The number of carbonyl (C=O) groups excluding carboxylic acids is 2. The Morgan fingerprint density at radius 1 is 1.39 bits per heavy atom. The third kappa shape index (κ3) is 3.28. The van der Waals surface area contributed by atoms with Crippen molar-refractivity contribution in [3.05, 3.63) is 23.8 Å². The number of likely N-dealkylation sites (tertiary alicyclic amines) is 1. The number of hydrogen-bond acceptors (Lipinski definition) is 5. The molecule has 0 aliphatic carbocycles. The van der Waals surface area contributed by atoms with Crippen molar-refractivity contribution < 1.29 is 14.3 Å². The highest BCUT2D eigenvalue weighted by Crippen LogP contribution is 2.26. The number of fused-ring (bicyclic) bond motifs is 1. The molecule has 2 aliphatic heterocycles. The number of aromatic nitrogens is 2. The monoisotopic (exact) mass is 318 g/mol. The lowest BCUT2D eigenvalue weighted by Gasteiger charge is -2.37. The van der Waals surface area contributed by atoms with Gasteiger partial charge in [0.2, 0.25) is 0 Å². The van der Waals surface area contributed by atoms with Crippen LogP contribution < -0.4 is 0 Å². The number of hydrogen-bond donors (Lipinski definition) is 0. The lowest BCUT2D eigenvalue weighted by Crippen LogP contribution is -2.50. The predicted octanol–water partition coefficient (Wildman–Crippen LogP) is 1.83. The molecular weight excluding hydrogens is 296 g/mol. The van der Waals surface area contributed by atoms with Gasteiger partial charge in [0.15, 0.2) is 0 Å². The predicted molar refractivity (Wildman–Crippen MR) is 82.7 cm³/mol. The minimum absolute atomic E-state index is 0.00188. The first-order valence-electron chi connectivity index (χ1n) is 7.93. The summed E-state index contributed by atoms with van der Waals surface area (Å²) in [5, 5.41) is 0. The van der Waals surface area contributed by atoms with Crippen LogP contribution in [0.4, 0.5) is 4.79 Å². The molecule has 0 saturated carbocycles. The zero-order valence-corrected chi connectivity index (χ0v) is 13.8. The van der Waals surface area contributed by atoms with E-state index >= 15 is 0 Å². The summed E-state index contributed by atoms with van der Waals surface area (Å²) in [5.41, 5.74) is 0.820. The van der Waals surface area contributed by atoms with Gasteiger partial charge < -0.3 is 14.5 Å². The summed E-state index contributed by atoms with van der Waals surface area (Å²) in [5.74, 6) is -0.0448. The summed E-state index contributed by atoms with van der Waals surface area (Å²) < 4.78 is 5.44. The van der Waals surface area contributed by atoms with Crippen LogP contribution in [-0.2, 0) is 11.3 Å². The third-order valence-corrected chi connectivity index (χ3v) is 4.10. The SMILES string of the molecule is CC(C)(C)OC(=O)N1CCCC(N2Cc3ncncc3C2=O)C1. The molecule has 3 rings (SSSR count). The minimum Gasteiger partial charge on any atom is -0.444 e. The number of carbonyl (C=O) groups is 2. The van der Waals surface area contributed by atoms with E-state index in [-0.39, 0.29) is 18.0 Å². The molecule has 0 N–H and O–H groups in total. The zero-order chi connectivity index (χ0) is 16.6. The molecule has 1 aromatic rings. The van der Waals surface area contributed by atoms with E-state index in [0.29, 0.717) is 25.2 Å². The second-order valence-electron chi connectivity index (χ2n) is 7.04. The fraction of sp³-hybridized carbons (Fsp3) is 0.625. The van der Waals surface area contributed by atoms with Crippen molar-refractivity contribution in [3.8, 4) is 0 Å². The quantitative estimate of drug-likeness (QED) is 0.789. The Morgan fingerprint density at radius 3 is 2.87 bits per heavy atom. The van der Waals surface area contributed by atoms with Crippen LogP contribution in [0.3, 0.4) is 0 Å². The average molecular weight is 318 g/mol. The zero-order valence-electron chi connectivity index (χ0n) is 13.8. The molecule has 0 bridgehead atoms. The van der Waals surface area contributed by atoms with Crippen LogP contribution in [0.5, 0.6) is 0 Å². The van der Waals surface area contributed by atoms with Gasteiger partial charge in [-0.2, -0.15) is 0 Å². The Hall–Kier alpha value is -2.18. The Kier molecular flexibility index (Phi) is 3.95. The van der Waals surface area contributed by atoms with E-state index in [2.05, 4.69) is 9.97 Å². The number of amides is 2. The summed E-state index contributed by atoms with van der Waals surface area (Å²) in [6.07, 6.45) is 4.45. The van der Waals surface area contributed by atoms with Gasteiger partial charge >= 0.3 is 6.09 Å². The van der Waals surface area contributed by atoms with Crippen LogP contribution in [0.1, 0.15) is 49.7 Å². The maximum Gasteiger partial charge on any atom is 0.410 e. The van der Waals surface area contributed by atoms with E-state index in [1.165, 1.54) is 6.33 Å². The van der Waals surface area contributed by atoms with Gasteiger partial charge in [0.25, 0.3) is 5.91 Å². The van der Waals surface area contributed by atoms with Gasteiger partial charge in [-0.3, -0.25) is 4.79 Å². The molecule has 3 heterocycles. The highest BCUT2D eigenvalue weighted by Gasteiger charge is 2.37. The lowest BCUT2D eigenvalue weighted by molar-refractivity contribution is 0.0106.